The van der Waals surface area contributed by atoms with Gasteiger partial charge in [0.25, 0.3) is 0 Å². The second-order valence-electron chi connectivity index (χ2n) is 9.33. The van der Waals surface area contributed by atoms with Gasteiger partial charge in [-0.05, 0) is 94.2 Å². The number of nitrogens with zero attached hydrogens (tertiary/aromatic N) is 4. The van der Waals surface area contributed by atoms with Crippen LogP contribution in [-0.4, -0.2) is 32.3 Å². The number of fused-ring (bicyclic) bond motifs is 2. The van der Waals surface area contributed by atoms with Crippen LogP contribution in [0.2, 0.25) is 0 Å². The number of benzene rings is 1. The number of para-hydroxylation sites is 1. The quantitative estimate of drug-likeness (QED) is 0.567. The Kier molecular flexibility index (Phi) is 5.67. The number of rotatable bonds is 7. The minimum Gasteiger partial charge on any atom is -0.483 e. The molecule has 2 aromatic rings. The molecule has 2 bridgehead atoms. The van der Waals surface area contributed by atoms with Crippen molar-refractivity contribution in [1.82, 2.24) is 19.2 Å². The Morgan fingerprint density at radius 2 is 2.00 bits per heavy atom. The zero-order chi connectivity index (χ0) is 20.7. The molecule has 2 aliphatic carbocycles. The van der Waals surface area contributed by atoms with E-state index in [4.69, 9.17) is 22.1 Å². The average Bonchev–Trinajstić information content (AvgIpc) is 3.53. The molecule has 1 aromatic heterocycles. The van der Waals surface area contributed by atoms with E-state index in [0.29, 0.717) is 12.0 Å². The van der Waals surface area contributed by atoms with Crippen molar-refractivity contribution in [3.8, 4) is 5.75 Å². The number of halogens is 1. The maximum atomic E-state index is 14.1. The van der Waals surface area contributed by atoms with Crippen molar-refractivity contribution < 1.29 is 9.13 Å². The molecule has 4 unspecified atom stereocenters. The Morgan fingerprint density at radius 1 is 1.20 bits per heavy atom. The minimum absolute atomic E-state index is 0.225. The summed E-state index contributed by atoms with van der Waals surface area (Å²) in [4.78, 5) is 2.40. The summed E-state index contributed by atoms with van der Waals surface area (Å²) in [5.41, 5.74) is 0. The van der Waals surface area contributed by atoms with E-state index in [-0.39, 0.29) is 18.2 Å². The van der Waals surface area contributed by atoms with Crippen LogP contribution in [0.25, 0.3) is 0 Å². The van der Waals surface area contributed by atoms with E-state index >= 15 is 0 Å². The summed E-state index contributed by atoms with van der Waals surface area (Å²) in [6.45, 7) is 5.43. The van der Waals surface area contributed by atoms with Crippen LogP contribution < -0.4 is 4.74 Å². The van der Waals surface area contributed by atoms with Gasteiger partial charge in [-0.25, -0.2) is 9.07 Å². The molecular formula is C23H31FN4OS. The molecule has 1 aliphatic heterocycles. The van der Waals surface area contributed by atoms with Gasteiger partial charge in [-0.1, -0.05) is 18.6 Å². The van der Waals surface area contributed by atoms with Crippen LogP contribution in [0.3, 0.4) is 0 Å². The molecule has 2 saturated carbocycles. The summed E-state index contributed by atoms with van der Waals surface area (Å²) in [6.07, 6.45) is 7.86. The van der Waals surface area contributed by atoms with E-state index in [1.54, 1.807) is 18.2 Å². The van der Waals surface area contributed by atoms with Gasteiger partial charge in [0, 0.05) is 6.04 Å². The lowest BCUT2D eigenvalue weighted by Crippen LogP contribution is -2.25. The van der Waals surface area contributed by atoms with Crippen molar-refractivity contribution in [2.45, 2.75) is 64.8 Å². The Hall–Kier alpha value is -1.73. The molecule has 1 saturated heterocycles. The van der Waals surface area contributed by atoms with Crippen LogP contribution in [-0.2, 0) is 13.3 Å². The van der Waals surface area contributed by atoms with E-state index in [9.17, 15) is 4.39 Å². The maximum Gasteiger partial charge on any atom is 0.199 e. The molecule has 2 heterocycles. The molecule has 162 valence electrons. The summed E-state index contributed by atoms with van der Waals surface area (Å²) >= 11 is 5.91. The van der Waals surface area contributed by atoms with E-state index in [1.807, 2.05) is 4.68 Å². The van der Waals surface area contributed by atoms with Gasteiger partial charge in [-0.3, -0.25) is 9.47 Å². The second-order valence-corrected chi connectivity index (χ2v) is 9.70. The van der Waals surface area contributed by atoms with Crippen molar-refractivity contribution >= 4 is 12.2 Å². The summed E-state index contributed by atoms with van der Waals surface area (Å²) in [5, 5.41) is 4.86. The van der Waals surface area contributed by atoms with Gasteiger partial charge in [0.15, 0.2) is 22.2 Å². The Bertz CT molecular complexity index is 951. The first-order valence-electron chi connectivity index (χ1n) is 11.4. The van der Waals surface area contributed by atoms with Crippen LogP contribution in [0.5, 0.6) is 5.75 Å². The van der Waals surface area contributed by atoms with Crippen molar-refractivity contribution in [1.29, 1.82) is 0 Å². The molecule has 1 aromatic carbocycles. The van der Waals surface area contributed by atoms with E-state index < -0.39 is 0 Å². The van der Waals surface area contributed by atoms with Crippen LogP contribution in [0, 0.1) is 28.3 Å². The molecule has 4 atom stereocenters. The van der Waals surface area contributed by atoms with Gasteiger partial charge < -0.3 is 4.74 Å². The smallest absolute Gasteiger partial charge is 0.199 e. The first kappa shape index (κ1) is 20.2. The van der Waals surface area contributed by atoms with Crippen molar-refractivity contribution in [3.63, 3.8) is 0 Å². The van der Waals surface area contributed by atoms with Crippen molar-refractivity contribution in [2.24, 2.45) is 17.8 Å². The number of hydrogen-bond donors (Lipinski definition) is 0. The first-order chi connectivity index (χ1) is 14.6. The fraction of sp³-hybridized carbons (Fsp3) is 0.652. The highest BCUT2D eigenvalue weighted by atomic mass is 32.1. The molecule has 0 amide bonds. The van der Waals surface area contributed by atoms with Gasteiger partial charge in [-0.15, -0.1) is 0 Å². The molecule has 0 radical (unpaired) electrons. The number of ether oxygens (including phenoxy) is 1. The zero-order valence-corrected chi connectivity index (χ0v) is 18.5. The SMILES string of the molecule is CC(C1CC2CCC1C2)n1c(COc2ccccc2F)nn(CN2CCCC2)c1=S. The Balaban J connectivity index is 1.42. The molecule has 5 rings (SSSR count). The number of aromatic nitrogens is 3. The normalized spacial score (nSPS) is 27.1. The average molecular weight is 431 g/mol. The predicted octanol–water partition coefficient (Wildman–Crippen LogP) is 5.18. The summed E-state index contributed by atoms with van der Waals surface area (Å²) in [5.74, 6) is 3.05. The summed E-state index contributed by atoms with van der Waals surface area (Å²) in [6, 6.07) is 6.83. The van der Waals surface area contributed by atoms with Crippen LogP contribution in [0.4, 0.5) is 4.39 Å². The standard InChI is InChI=1S/C23H31FN4OS/c1-16(19-13-17-8-9-18(19)12-17)28-22(14-29-21-7-3-2-6-20(21)24)25-27(23(28)30)15-26-10-4-5-11-26/h2-3,6-7,16-19H,4-5,8-15H2,1H3. The van der Waals surface area contributed by atoms with Crippen molar-refractivity contribution in [2.75, 3.05) is 13.1 Å². The lowest BCUT2D eigenvalue weighted by atomic mass is 9.84. The first-order valence-corrected chi connectivity index (χ1v) is 11.8. The molecule has 0 N–H and O–H groups in total. The topological polar surface area (TPSA) is 35.2 Å². The highest BCUT2D eigenvalue weighted by Gasteiger charge is 2.43. The zero-order valence-electron chi connectivity index (χ0n) is 17.7. The van der Waals surface area contributed by atoms with Gasteiger partial charge in [0.1, 0.15) is 6.61 Å². The third-order valence-electron chi connectivity index (χ3n) is 7.49. The van der Waals surface area contributed by atoms with E-state index in [0.717, 1.165) is 42.2 Å². The van der Waals surface area contributed by atoms with Crippen LogP contribution in [0.1, 0.15) is 57.3 Å². The minimum atomic E-state index is -0.347. The Morgan fingerprint density at radius 3 is 2.70 bits per heavy atom. The predicted molar refractivity (Wildman–Crippen MR) is 116 cm³/mol. The molecular weight excluding hydrogens is 399 g/mol. The molecule has 0 spiro atoms. The lowest BCUT2D eigenvalue weighted by Gasteiger charge is -2.29. The molecule has 3 aliphatic rings. The molecule has 30 heavy (non-hydrogen) atoms. The van der Waals surface area contributed by atoms with Crippen LogP contribution in [0.15, 0.2) is 24.3 Å². The van der Waals surface area contributed by atoms with E-state index in [2.05, 4.69) is 16.4 Å². The van der Waals surface area contributed by atoms with Gasteiger partial charge in [-0.2, -0.15) is 5.10 Å². The maximum absolute atomic E-state index is 14.1. The van der Waals surface area contributed by atoms with Gasteiger partial charge in [0.2, 0.25) is 0 Å². The molecule has 3 fully saturated rings. The van der Waals surface area contributed by atoms with Crippen LogP contribution >= 0.6 is 12.2 Å². The molecule has 5 nitrogen and oxygen atoms in total. The van der Waals surface area contributed by atoms with Crippen molar-refractivity contribution in [3.05, 3.63) is 40.7 Å². The third kappa shape index (κ3) is 3.82. The van der Waals surface area contributed by atoms with E-state index in [1.165, 1.54) is 44.6 Å². The monoisotopic (exact) mass is 430 g/mol. The lowest BCUT2D eigenvalue weighted by molar-refractivity contribution is 0.221. The number of hydrogen-bond acceptors (Lipinski definition) is 4. The number of likely N-dealkylation sites (tertiary alicyclic amines) is 1. The Labute approximate surface area is 182 Å². The fourth-order valence-electron chi connectivity index (χ4n) is 5.96. The fourth-order valence-corrected chi connectivity index (χ4v) is 6.33. The second kappa shape index (κ2) is 8.42. The van der Waals surface area contributed by atoms with Gasteiger partial charge in [0.05, 0.1) is 6.67 Å². The summed E-state index contributed by atoms with van der Waals surface area (Å²) in [7, 11) is 0. The highest BCUT2D eigenvalue weighted by Crippen LogP contribution is 2.52. The largest absolute Gasteiger partial charge is 0.483 e. The van der Waals surface area contributed by atoms with Gasteiger partial charge >= 0.3 is 0 Å². The highest BCUT2D eigenvalue weighted by molar-refractivity contribution is 7.71. The summed E-state index contributed by atoms with van der Waals surface area (Å²) < 4.78 is 24.8. The third-order valence-corrected chi connectivity index (χ3v) is 7.89. The molecule has 7 heteroatoms.